The summed E-state index contributed by atoms with van der Waals surface area (Å²) in [7, 11) is 0. The van der Waals surface area contributed by atoms with Gasteiger partial charge in [-0.25, -0.2) is 19.0 Å². The standard InChI is InChI=1S/C24H16FNO4/c1-15-4-2-6-18(12-15)23(27)29-20-10-8-16(9-11-20)13-21-24(28)30-22(26-21)17-5-3-7-19(25)14-17/h2-14H,1H3/b21-13-. The molecule has 6 heteroatoms. The molecule has 0 aliphatic carbocycles. The zero-order chi connectivity index (χ0) is 21.1. The molecule has 0 spiro atoms. The lowest BCUT2D eigenvalue weighted by Gasteiger charge is -2.05. The maximum Gasteiger partial charge on any atom is 0.363 e. The predicted octanol–water partition coefficient (Wildman–Crippen LogP) is 4.70. The molecular formula is C24H16FNO4. The van der Waals surface area contributed by atoms with Crippen molar-refractivity contribution in [1.82, 2.24) is 0 Å². The van der Waals surface area contributed by atoms with Crippen LogP contribution in [0.15, 0.2) is 83.5 Å². The van der Waals surface area contributed by atoms with Gasteiger partial charge in [0.1, 0.15) is 11.6 Å². The van der Waals surface area contributed by atoms with Crippen LogP contribution in [0.3, 0.4) is 0 Å². The van der Waals surface area contributed by atoms with E-state index < -0.39 is 17.8 Å². The Balaban J connectivity index is 1.49. The predicted molar refractivity (Wildman–Crippen MR) is 110 cm³/mol. The molecule has 148 valence electrons. The molecule has 0 saturated heterocycles. The molecule has 1 aliphatic heterocycles. The van der Waals surface area contributed by atoms with E-state index in [1.54, 1.807) is 54.6 Å². The van der Waals surface area contributed by atoms with Crippen molar-refractivity contribution in [2.24, 2.45) is 4.99 Å². The number of carbonyl (C=O) groups is 2. The number of nitrogens with zero attached hydrogens (tertiary/aromatic N) is 1. The van der Waals surface area contributed by atoms with E-state index in [0.717, 1.165) is 5.56 Å². The van der Waals surface area contributed by atoms with Gasteiger partial charge in [0.15, 0.2) is 5.70 Å². The highest BCUT2D eigenvalue weighted by Gasteiger charge is 2.24. The van der Waals surface area contributed by atoms with Crippen molar-refractivity contribution in [3.63, 3.8) is 0 Å². The zero-order valence-electron chi connectivity index (χ0n) is 16.0. The highest BCUT2D eigenvalue weighted by atomic mass is 19.1. The lowest BCUT2D eigenvalue weighted by Crippen LogP contribution is -2.08. The van der Waals surface area contributed by atoms with Crippen LogP contribution in [0, 0.1) is 12.7 Å². The third-order valence-electron chi connectivity index (χ3n) is 4.34. The fraction of sp³-hybridized carbons (Fsp3) is 0.0417. The lowest BCUT2D eigenvalue weighted by molar-refractivity contribution is -0.129. The summed E-state index contributed by atoms with van der Waals surface area (Å²) in [5.41, 5.74) is 2.58. The Hall–Kier alpha value is -4.06. The molecule has 0 amide bonds. The average Bonchev–Trinajstić information content (AvgIpc) is 3.10. The van der Waals surface area contributed by atoms with Gasteiger partial charge in [-0.05, 0) is 61.0 Å². The Bertz CT molecular complexity index is 1200. The number of rotatable bonds is 4. The number of hydrogen-bond acceptors (Lipinski definition) is 5. The second-order valence-electron chi connectivity index (χ2n) is 6.67. The second-order valence-corrected chi connectivity index (χ2v) is 6.67. The summed E-state index contributed by atoms with van der Waals surface area (Å²) in [4.78, 5) is 28.5. The Morgan fingerprint density at radius 2 is 1.80 bits per heavy atom. The number of carbonyl (C=O) groups excluding carboxylic acids is 2. The summed E-state index contributed by atoms with van der Waals surface area (Å²) in [6.07, 6.45) is 1.54. The first-order valence-electron chi connectivity index (χ1n) is 9.15. The maximum atomic E-state index is 13.4. The number of esters is 2. The van der Waals surface area contributed by atoms with E-state index in [9.17, 15) is 14.0 Å². The zero-order valence-corrected chi connectivity index (χ0v) is 16.0. The molecule has 0 N–H and O–H groups in total. The van der Waals surface area contributed by atoms with Gasteiger partial charge in [0.25, 0.3) is 0 Å². The highest BCUT2D eigenvalue weighted by Crippen LogP contribution is 2.21. The first-order chi connectivity index (χ1) is 14.5. The molecule has 0 atom stereocenters. The summed E-state index contributed by atoms with van der Waals surface area (Å²) in [5.74, 6) is -1.09. The largest absolute Gasteiger partial charge is 0.423 e. The van der Waals surface area contributed by atoms with E-state index in [4.69, 9.17) is 9.47 Å². The van der Waals surface area contributed by atoms with Crippen molar-refractivity contribution in [2.75, 3.05) is 0 Å². The summed E-state index contributed by atoms with van der Waals surface area (Å²) in [6, 6.07) is 19.4. The normalized spacial score (nSPS) is 14.4. The van der Waals surface area contributed by atoms with Crippen molar-refractivity contribution in [1.29, 1.82) is 0 Å². The quantitative estimate of drug-likeness (QED) is 0.361. The molecule has 0 radical (unpaired) electrons. The van der Waals surface area contributed by atoms with Gasteiger partial charge in [0, 0.05) is 5.56 Å². The van der Waals surface area contributed by atoms with Crippen LogP contribution in [0.4, 0.5) is 4.39 Å². The van der Waals surface area contributed by atoms with Crippen LogP contribution < -0.4 is 4.74 Å². The van der Waals surface area contributed by atoms with Gasteiger partial charge in [0.2, 0.25) is 5.90 Å². The minimum Gasteiger partial charge on any atom is -0.423 e. The molecule has 0 bridgehead atoms. The molecule has 1 heterocycles. The van der Waals surface area contributed by atoms with Gasteiger partial charge in [-0.15, -0.1) is 0 Å². The fourth-order valence-corrected chi connectivity index (χ4v) is 2.88. The Kier molecular flexibility index (Phi) is 5.22. The van der Waals surface area contributed by atoms with Crippen molar-refractivity contribution in [3.05, 3.63) is 107 Å². The van der Waals surface area contributed by atoms with Gasteiger partial charge in [0.05, 0.1) is 5.56 Å². The summed E-state index contributed by atoms with van der Waals surface area (Å²) < 4.78 is 23.9. The van der Waals surface area contributed by atoms with Crippen molar-refractivity contribution < 1.29 is 23.5 Å². The smallest absolute Gasteiger partial charge is 0.363 e. The molecule has 5 nitrogen and oxygen atoms in total. The molecule has 0 saturated carbocycles. The van der Waals surface area contributed by atoms with Crippen LogP contribution in [0.2, 0.25) is 0 Å². The van der Waals surface area contributed by atoms with Crippen molar-refractivity contribution >= 4 is 23.9 Å². The molecule has 0 unspecified atom stereocenters. The molecule has 30 heavy (non-hydrogen) atoms. The number of aryl methyl sites for hydroxylation is 1. The van der Waals surface area contributed by atoms with Gasteiger partial charge in [-0.3, -0.25) is 0 Å². The molecule has 0 aromatic heterocycles. The molecule has 0 fully saturated rings. The lowest BCUT2D eigenvalue weighted by atomic mass is 10.1. The van der Waals surface area contributed by atoms with Crippen LogP contribution in [-0.2, 0) is 9.53 Å². The van der Waals surface area contributed by atoms with E-state index >= 15 is 0 Å². The minimum atomic E-state index is -0.621. The maximum absolute atomic E-state index is 13.4. The number of cyclic esters (lactones) is 1. The van der Waals surface area contributed by atoms with Crippen molar-refractivity contribution in [3.8, 4) is 5.75 Å². The third-order valence-corrected chi connectivity index (χ3v) is 4.34. The van der Waals surface area contributed by atoms with E-state index in [1.165, 1.54) is 18.2 Å². The van der Waals surface area contributed by atoms with Crippen LogP contribution in [0.25, 0.3) is 6.08 Å². The molecule has 4 rings (SSSR count). The van der Waals surface area contributed by atoms with Gasteiger partial charge in [-0.1, -0.05) is 35.9 Å². The first kappa shape index (κ1) is 19.3. The van der Waals surface area contributed by atoms with E-state index in [0.29, 0.717) is 22.4 Å². The van der Waals surface area contributed by atoms with Crippen molar-refractivity contribution in [2.45, 2.75) is 6.92 Å². The molecule has 3 aromatic rings. The average molecular weight is 401 g/mol. The van der Waals surface area contributed by atoms with E-state index in [2.05, 4.69) is 4.99 Å². The van der Waals surface area contributed by atoms with Crippen LogP contribution in [0.5, 0.6) is 5.75 Å². The monoisotopic (exact) mass is 401 g/mol. The fourth-order valence-electron chi connectivity index (χ4n) is 2.88. The summed E-state index contributed by atoms with van der Waals surface area (Å²) >= 11 is 0. The Morgan fingerprint density at radius 3 is 2.53 bits per heavy atom. The molecule has 3 aromatic carbocycles. The van der Waals surface area contributed by atoms with E-state index in [-0.39, 0.29) is 11.6 Å². The van der Waals surface area contributed by atoms with Crippen LogP contribution in [0.1, 0.15) is 27.0 Å². The molecular weight excluding hydrogens is 385 g/mol. The number of hydrogen-bond donors (Lipinski definition) is 0. The van der Waals surface area contributed by atoms with E-state index in [1.807, 2.05) is 13.0 Å². The Morgan fingerprint density at radius 1 is 1.03 bits per heavy atom. The number of aliphatic imine (C=N–C) groups is 1. The SMILES string of the molecule is Cc1cccc(C(=O)Oc2ccc(/C=C3\N=C(c4cccc(F)c4)OC3=O)cc2)c1. The summed E-state index contributed by atoms with van der Waals surface area (Å²) in [5, 5.41) is 0. The first-order valence-corrected chi connectivity index (χ1v) is 9.15. The molecule has 1 aliphatic rings. The third kappa shape index (κ3) is 4.33. The minimum absolute atomic E-state index is 0.0504. The summed E-state index contributed by atoms with van der Waals surface area (Å²) in [6.45, 7) is 1.90. The van der Waals surface area contributed by atoms with Gasteiger partial charge >= 0.3 is 11.9 Å². The topological polar surface area (TPSA) is 65.0 Å². The number of benzene rings is 3. The highest BCUT2D eigenvalue weighted by molar-refractivity contribution is 6.12. The Labute approximate surface area is 172 Å². The number of ether oxygens (including phenoxy) is 2. The van der Waals surface area contributed by atoms with Gasteiger partial charge < -0.3 is 9.47 Å². The van der Waals surface area contributed by atoms with Gasteiger partial charge in [-0.2, -0.15) is 0 Å². The second kappa shape index (κ2) is 8.13. The number of halogens is 1. The van der Waals surface area contributed by atoms with Crippen LogP contribution in [-0.4, -0.2) is 17.8 Å². The van der Waals surface area contributed by atoms with Crippen LogP contribution >= 0.6 is 0 Å².